The van der Waals surface area contributed by atoms with Crippen molar-refractivity contribution in [1.82, 2.24) is 10.4 Å². The van der Waals surface area contributed by atoms with E-state index in [1.807, 2.05) is 23.2 Å². The average molecular weight is 393 g/mol. The third-order valence-electron chi connectivity index (χ3n) is 4.47. The summed E-state index contributed by atoms with van der Waals surface area (Å²) in [5, 5.41) is 2.51. The summed E-state index contributed by atoms with van der Waals surface area (Å²) < 4.78 is 47.0. The fraction of sp³-hybridized carbons (Fsp3) is 0.600. The fourth-order valence-corrected chi connectivity index (χ4v) is 6.87. The highest BCUT2D eigenvalue weighted by Gasteiger charge is 2.35. The van der Waals surface area contributed by atoms with E-state index in [9.17, 15) is 16.8 Å². The van der Waals surface area contributed by atoms with E-state index in [1.54, 1.807) is 6.07 Å². The second-order valence-electron chi connectivity index (χ2n) is 6.54. The summed E-state index contributed by atoms with van der Waals surface area (Å²) in [4.78, 5) is 0. The summed E-state index contributed by atoms with van der Waals surface area (Å²) in [5.74, 6) is 0.547. The molecular formula is C15H21ClN2O4S2. The van der Waals surface area contributed by atoms with Gasteiger partial charge in [0.1, 0.15) is 0 Å². The molecule has 6 nitrogen and oxygen atoms in total. The molecule has 0 bridgehead atoms. The van der Waals surface area contributed by atoms with Gasteiger partial charge in [0, 0.05) is 23.7 Å². The Morgan fingerprint density at radius 1 is 1.08 bits per heavy atom. The molecule has 1 aromatic carbocycles. The van der Waals surface area contributed by atoms with Crippen LogP contribution in [0.4, 0.5) is 0 Å². The number of hydrogen-bond acceptors (Lipinski definition) is 6. The van der Waals surface area contributed by atoms with Crippen LogP contribution < -0.4 is 5.43 Å². The molecule has 0 unspecified atom stereocenters. The summed E-state index contributed by atoms with van der Waals surface area (Å²) in [5.41, 5.74) is 4.22. The van der Waals surface area contributed by atoms with Crippen molar-refractivity contribution in [1.29, 1.82) is 0 Å². The Labute approximate surface area is 148 Å². The Morgan fingerprint density at radius 3 is 2.38 bits per heavy atom. The Kier molecular flexibility index (Phi) is 5.22. The number of halogens is 1. The van der Waals surface area contributed by atoms with E-state index in [-0.39, 0.29) is 35.1 Å². The van der Waals surface area contributed by atoms with Crippen LogP contribution in [0.25, 0.3) is 0 Å². The third kappa shape index (κ3) is 4.70. The smallest absolute Gasteiger partial charge is 0.151 e. The van der Waals surface area contributed by atoms with E-state index in [0.29, 0.717) is 24.4 Å². The van der Waals surface area contributed by atoms with E-state index >= 15 is 0 Å². The number of benzene rings is 1. The largest absolute Gasteiger partial charge is 0.250 e. The summed E-state index contributed by atoms with van der Waals surface area (Å²) in [6.45, 7) is 0.483. The Hall–Kier alpha value is -0.670. The molecule has 2 saturated heterocycles. The van der Waals surface area contributed by atoms with E-state index < -0.39 is 19.7 Å². The van der Waals surface area contributed by atoms with Gasteiger partial charge in [-0.3, -0.25) is 5.43 Å². The molecule has 2 atom stereocenters. The number of rotatable bonds is 5. The molecule has 24 heavy (non-hydrogen) atoms. The molecular weight excluding hydrogens is 372 g/mol. The highest BCUT2D eigenvalue weighted by molar-refractivity contribution is 7.91. The summed E-state index contributed by atoms with van der Waals surface area (Å²) >= 11 is 6.03. The minimum Gasteiger partial charge on any atom is -0.250 e. The maximum absolute atomic E-state index is 11.8. The SMILES string of the molecule is O=S1(=O)CC[C@@H](NN(Cc2cccc(Cl)c2)[C@@H]2CCS(=O)(=O)C2)C1. The van der Waals surface area contributed by atoms with Gasteiger partial charge in [-0.05, 0) is 30.5 Å². The highest BCUT2D eigenvalue weighted by atomic mass is 35.5. The Balaban J connectivity index is 1.76. The van der Waals surface area contributed by atoms with Crippen molar-refractivity contribution in [2.24, 2.45) is 0 Å². The lowest BCUT2D eigenvalue weighted by Gasteiger charge is -2.31. The van der Waals surface area contributed by atoms with Crippen molar-refractivity contribution in [3.8, 4) is 0 Å². The number of hydrazine groups is 1. The molecule has 1 N–H and O–H groups in total. The van der Waals surface area contributed by atoms with Crippen molar-refractivity contribution < 1.29 is 16.8 Å². The zero-order valence-electron chi connectivity index (χ0n) is 13.2. The van der Waals surface area contributed by atoms with Crippen LogP contribution in [0.15, 0.2) is 24.3 Å². The number of hydrogen-bond donors (Lipinski definition) is 1. The van der Waals surface area contributed by atoms with E-state index in [0.717, 1.165) is 5.56 Å². The minimum atomic E-state index is -3.02. The van der Waals surface area contributed by atoms with Crippen LogP contribution in [0, 0.1) is 0 Å². The van der Waals surface area contributed by atoms with E-state index in [2.05, 4.69) is 5.43 Å². The van der Waals surface area contributed by atoms with E-state index in [4.69, 9.17) is 11.6 Å². The van der Waals surface area contributed by atoms with Gasteiger partial charge in [-0.2, -0.15) is 0 Å². The molecule has 0 radical (unpaired) electrons. The van der Waals surface area contributed by atoms with Gasteiger partial charge in [0.05, 0.1) is 23.0 Å². The lowest BCUT2D eigenvalue weighted by molar-refractivity contribution is 0.108. The van der Waals surface area contributed by atoms with Crippen LogP contribution in [0.1, 0.15) is 18.4 Å². The zero-order chi connectivity index (χ0) is 17.4. The molecule has 1 aromatic rings. The van der Waals surface area contributed by atoms with Crippen LogP contribution in [0.5, 0.6) is 0 Å². The number of nitrogens with zero attached hydrogens (tertiary/aromatic N) is 1. The van der Waals surface area contributed by atoms with Crippen LogP contribution >= 0.6 is 11.6 Å². The van der Waals surface area contributed by atoms with Gasteiger partial charge in [-0.25, -0.2) is 21.8 Å². The van der Waals surface area contributed by atoms with Gasteiger partial charge < -0.3 is 0 Å². The fourth-order valence-electron chi connectivity index (χ4n) is 3.26. The molecule has 3 rings (SSSR count). The molecule has 0 aliphatic carbocycles. The van der Waals surface area contributed by atoms with Crippen molar-refractivity contribution in [3.05, 3.63) is 34.9 Å². The first kappa shape index (κ1) is 18.1. The van der Waals surface area contributed by atoms with Gasteiger partial charge in [-0.15, -0.1) is 0 Å². The molecule has 9 heteroatoms. The second kappa shape index (κ2) is 6.92. The second-order valence-corrected chi connectivity index (χ2v) is 11.4. The van der Waals surface area contributed by atoms with Crippen molar-refractivity contribution in [2.75, 3.05) is 23.0 Å². The van der Waals surface area contributed by atoms with E-state index in [1.165, 1.54) is 0 Å². The molecule has 134 valence electrons. The monoisotopic (exact) mass is 392 g/mol. The van der Waals surface area contributed by atoms with Crippen LogP contribution in [0.2, 0.25) is 5.02 Å². The highest BCUT2D eigenvalue weighted by Crippen LogP contribution is 2.21. The van der Waals surface area contributed by atoms with Gasteiger partial charge in [0.15, 0.2) is 19.7 Å². The average Bonchev–Trinajstić information content (AvgIpc) is 3.00. The molecule has 2 aliphatic heterocycles. The van der Waals surface area contributed by atoms with Gasteiger partial charge in [0.2, 0.25) is 0 Å². The first-order valence-corrected chi connectivity index (χ1v) is 11.9. The third-order valence-corrected chi connectivity index (χ3v) is 8.23. The first-order valence-electron chi connectivity index (χ1n) is 7.90. The quantitative estimate of drug-likeness (QED) is 0.753. The molecule has 0 saturated carbocycles. The van der Waals surface area contributed by atoms with Gasteiger partial charge in [-0.1, -0.05) is 23.7 Å². The predicted molar refractivity (Wildman–Crippen MR) is 94.2 cm³/mol. The van der Waals surface area contributed by atoms with Crippen molar-refractivity contribution in [3.63, 3.8) is 0 Å². The Morgan fingerprint density at radius 2 is 1.79 bits per heavy atom. The minimum absolute atomic E-state index is 0.0957. The Bertz CT molecular complexity index is 811. The normalized spacial score (nSPS) is 28.4. The molecule has 0 amide bonds. The maximum Gasteiger partial charge on any atom is 0.151 e. The molecule has 2 heterocycles. The summed E-state index contributed by atoms with van der Waals surface area (Å²) in [7, 11) is -6.02. The maximum atomic E-state index is 11.8. The van der Waals surface area contributed by atoms with Crippen molar-refractivity contribution in [2.45, 2.75) is 31.5 Å². The van der Waals surface area contributed by atoms with Gasteiger partial charge in [0.25, 0.3) is 0 Å². The molecule has 0 aromatic heterocycles. The lowest BCUT2D eigenvalue weighted by atomic mass is 10.2. The zero-order valence-corrected chi connectivity index (χ0v) is 15.6. The first-order chi connectivity index (χ1) is 11.2. The van der Waals surface area contributed by atoms with Crippen LogP contribution in [0.3, 0.4) is 0 Å². The topological polar surface area (TPSA) is 83.6 Å². The standard InChI is InChI=1S/C15H21ClN2O4S2/c16-13-3-1-2-12(8-13)9-18(15-5-7-24(21,22)11-15)17-14-4-6-23(19,20)10-14/h1-3,8,14-15,17H,4-7,9-11H2/t14-,15-/m1/s1. The summed E-state index contributed by atoms with van der Waals surface area (Å²) in [6, 6.07) is 7.07. The number of sulfone groups is 2. The molecule has 2 aliphatic rings. The van der Waals surface area contributed by atoms with Crippen molar-refractivity contribution >= 4 is 31.3 Å². The lowest BCUT2D eigenvalue weighted by Crippen LogP contribution is -2.50. The number of nitrogens with one attached hydrogen (secondary N) is 1. The van der Waals surface area contributed by atoms with Crippen LogP contribution in [-0.2, 0) is 26.2 Å². The summed E-state index contributed by atoms with van der Waals surface area (Å²) in [6.07, 6.45) is 1.10. The predicted octanol–water partition coefficient (Wildman–Crippen LogP) is 1.02. The molecule has 0 spiro atoms. The van der Waals surface area contributed by atoms with Crippen LogP contribution in [-0.4, -0.2) is 56.9 Å². The van der Waals surface area contributed by atoms with Gasteiger partial charge >= 0.3 is 0 Å². The molecule has 2 fully saturated rings.